The minimum absolute atomic E-state index is 0.128. The van der Waals surface area contributed by atoms with Crippen LogP contribution >= 0.6 is 0 Å². The molecule has 1 aliphatic rings. The molecule has 0 radical (unpaired) electrons. The van der Waals surface area contributed by atoms with Crippen LogP contribution in [0.15, 0.2) is 0 Å². The molecule has 0 bridgehead atoms. The second-order valence-electron chi connectivity index (χ2n) is 3.74. The quantitative estimate of drug-likeness (QED) is 0.664. The van der Waals surface area contributed by atoms with Gasteiger partial charge in [0.2, 0.25) is 0 Å². The zero-order valence-electron chi connectivity index (χ0n) is 8.07. The Hall–Kier alpha value is -0.610. The molecule has 1 fully saturated rings. The van der Waals surface area contributed by atoms with Crippen molar-refractivity contribution in [2.45, 2.75) is 38.3 Å². The summed E-state index contributed by atoms with van der Waals surface area (Å²) < 4.78 is 0. The number of aliphatic carboxylic acids is 1. The number of piperidine rings is 1. The summed E-state index contributed by atoms with van der Waals surface area (Å²) in [5.41, 5.74) is 5.60. The Kier molecular flexibility index (Phi) is 3.69. The zero-order valence-corrected chi connectivity index (χ0v) is 8.07. The van der Waals surface area contributed by atoms with Crippen molar-refractivity contribution in [1.82, 2.24) is 4.90 Å². The molecule has 3 N–H and O–H groups in total. The Morgan fingerprint density at radius 3 is 2.85 bits per heavy atom. The lowest BCUT2D eigenvalue weighted by Gasteiger charge is -2.39. The van der Waals surface area contributed by atoms with Gasteiger partial charge in [-0.05, 0) is 19.8 Å². The van der Waals surface area contributed by atoms with Crippen LogP contribution in [-0.4, -0.2) is 41.1 Å². The lowest BCUT2D eigenvalue weighted by Crippen LogP contribution is -2.50. The van der Waals surface area contributed by atoms with Crippen LogP contribution in [0.5, 0.6) is 0 Å². The van der Waals surface area contributed by atoms with Crippen molar-refractivity contribution in [3.8, 4) is 0 Å². The maximum atomic E-state index is 10.6. The van der Waals surface area contributed by atoms with Crippen molar-refractivity contribution >= 4 is 5.97 Å². The summed E-state index contributed by atoms with van der Waals surface area (Å²) in [6.07, 6.45) is 3.29. The molecule has 1 saturated heterocycles. The van der Waals surface area contributed by atoms with Gasteiger partial charge in [-0.15, -0.1) is 0 Å². The normalized spacial score (nSPS) is 30.3. The fraction of sp³-hybridized carbons (Fsp3) is 0.889. The summed E-state index contributed by atoms with van der Waals surface area (Å²) in [5.74, 6) is -0.757. The van der Waals surface area contributed by atoms with Crippen LogP contribution in [0.25, 0.3) is 0 Å². The van der Waals surface area contributed by atoms with Gasteiger partial charge in [0.25, 0.3) is 0 Å². The van der Waals surface area contributed by atoms with Crippen LogP contribution in [0.3, 0.4) is 0 Å². The first kappa shape index (κ1) is 10.5. The summed E-state index contributed by atoms with van der Waals surface area (Å²) >= 11 is 0. The van der Waals surface area contributed by atoms with Gasteiger partial charge in [-0.3, -0.25) is 9.69 Å². The maximum Gasteiger partial charge on any atom is 0.317 e. The molecule has 0 aromatic rings. The minimum Gasteiger partial charge on any atom is -0.480 e. The van der Waals surface area contributed by atoms with E-state index in [1.165, 1.54) is 6.42 Å². The highest BCUT2D eigenvalue weighted by atomic mass is 16.4. The fourth-order valence-electron chi connectivity index (χ4n) is 2.03. The van der Waals surface area contributed by atoms with Gasteiger partial charge in [-0.25, -0.2) is 0 Å². The van der Waals surface area contributed by atoms with Gasteiger partial charge in [0.15, 0.2) is 0 Å². The van der Waals surface area contributed by atoms with E-state index in [4.69, 9.17) is 10.8 Å². The first-order valence-corrected chi connectivity index (χ1v) is 4.82. The van der Waals surface area contributed by atoms with Crippen LogP contribution in [0.1, 0.15) is 26.2 Å². The van der Waals surface area contributed by atoms with E-state index < -0.39 is 5.97 Å². The minimum atomic E-state index is -0.757. The molecule has 0 saturated carbocycles. The van der Waals surface area contributed by atoms with Gasteiger partial charge in [0, 0.05) is 18.6 Å². The molecule has 0 aliphatic carbocycles. The van der Waals surface area contributed by atoms with Gasteiger partial charge >= 0.3 is 5.97 Å². The van der Waals surface area contributed by atoms with Crippen molar-refractivity contribution in [1.29, 1.82) is 0 Å². The van der Waals surface area contributed by atoms with Crippen LogP contribution in [0, 0.1) is 0 Å². The molecule has 2 atom stereocenters. The topological polar surface area (TPSA) is 66.6 Å². The Morgan fingerprint density at radius 2 is 2.31 bits per heavy atom. The van der Waals surface area contributed by atoms with Gasteiger partial charge < -0.3 is 10.8 Å². The van der Waals surface area contributed by atoms with Crippen molar-refractivity contribution in [3.63, 3.8) is 0 Å². The highest BCUT2D eigenvalue weighted by Gasteiger charge is 2.27. The summed E-state index contributed by atoms with van der Waals surface area (Å²) in [4.78, 5) is 12.6. The van der Waals surface area contributed by atoms with Crippen LogP contribution in [0.2, 0.25) is 0 Å². The zero-order chi connectivity index (χ0) is 9.84. The van der Waals surface area contributed by atoms with Gasteiger partial charge in [-0.1, -0.05) is 6.42 Å². The van der Waals surface area contributed by atoms with E-state index in [-0.39, 0.29) is 12.6 Å². The monoisotopic (exact) mass is 186 g/mol. The number of carboxylic acids is 1. The molecule has 1 aliphatic heterocycles. The number of hydrogen-bond acceptors (Lipinski definition) is 3. The summed E-state index contributed by atoms with van der Waals surface area (Å²) in [6, 6.07) is 0.623. The van der Waals surface area contributed by atoms with Crippen LogP contribution in [0.4, 0.5) is 0 Å². The maximum absolute atomic E-state index is 10.6. The molecule has 0 aromatic heterocycles. The predicted octanol–water partition coefficient (Wildman–Crippen LogP) is 0.273. The average Bonchev–Trinajstić information content (AvgIpc) is 2.08. The molecule has 4 heteroatoms. The number of hydrogen-bond donors (Lipinski definition) is 2. The van der Waals surface area contributed by atoms with E-state index in [9.17, 15) is 4.79 Å². The Balaban J connectivity index is 2.56. The largest absolute Gasteiger partial charge is 0.480 e. The van der Waals surface area contributed by atoms with E-state index in [2.05, 4.69) is 6.92 Å². The first-order chi connectivity index (χ1) is 6.15. The van der Waals surface area contributed by atoms with Crippen molar-refractivity contribution in [3.05, 3.63) is 0 Å². The molecule has 4 nitrogen and oxygen atoms in total. The molecule has 0 amide bonds. The molecule has 0 spiro atoms. The van der Waals surface area contributed by atoms with Crippen molar-refractivity contribution < 1.29 is 9.90 Å². The molecule has 2 unspecified atom stereocenters. The summed E-state index contributed by atoms with van der Waals surface area (Å²) in [6.45, 7) is 2.77. The average molecular weight is 186 g/mol. The number of carboxylic acid groups (broad SMARTS) is 1. The first-order valence-electron chi connectivity index (χ1n) is 4.82. The predicted molar refractivity (Wildman–Crippen MR) is 50.5 cm³/mol. The number of likely N-dealkylation sites (tertiary alicyclic amines) is 1. The van der Waals surface area contributed by atoms with E-state index in [0.717, 1.165) is 12.8 Å². The van der Waals surface area contributed by atoms with Crippen molar-refractivity contribution in [2.24, 2.45) is 5.73 Å². The van der Waals surface area contributed by atoms with E-state index >= 15 is 0 Å². The molecular formula is C9H18N2O2. The Morgan fingerprint density at radius 1 is 1.62 bits per heavy atom. The fourth-order valence-corrected chi connectivity index (χ4v) is 2.03. The van der Waals surface area contributed by atoms with Crippen LogP contribution in [-0.2, 0) is 4.79 Å². The Bertz CT molecular complexity index is 184. The summed E-state index contributed by atoms with van der Waals surface area (Å²) in [5, 5.41) is 8.71. The Labute approximate surface area is 78.7 Å². The molecule has 0 aromatic carbocycles. The number of carbonyl (C=O) groups is 1. The SMILES string of the molecule is CC1CCCC(CN)N1CC(=O)O. The summed E-state index contributed by atoms with van der Waals surface area (Å²) in [7, 11) is 0. The molecule has 1 heterocycles. The third-order valence-electron chi connectivity index (χ3n) is 2.78. The lowest BCUT2D eigenvalue weighted by molar-refractivity contribution is -0.140. The van der Waals surface area contributed by atoms with E-state index in [0.29, 0.717) is 12.6 Å². The number of nitrogens with two attached hydrogens (primary N) is 1. The van der Waals surface area contributed by atoms with Gasteiger partial charge in [-0.2, -0.15) is 0 Å². The molecular weight excluding hydrogens is 168 g/mol. The van der Waals surface area contributed by atoms with E-state index in [1.54, 1.807) is 0 Å². The number of rotatable bonds is 3. The van der Waals surface area contributed by atoms with E-state index in [1.807, 2.05) is 4.90 Å². The standard InChI is InChI=1S/C9H18N2O2/c1-7-3-2-4-8(5-10)11(7)6-9(12)13/h7-8H,2-6,10H2,1H3,(H,12,13). The lowest BCUT2D eigenvalue weighted by atomic mass is 9.96. The van der Waals surface area contributed by atoms with Gasteiger partial charge in [0.05, 0.1) is 6.54 Å². The van der Waals surface area contributed by atoms with Crippen molar-refractivity contribution in [2.75, 3.05) is 13.1 Å². The highest BCUT2D eigenvalue weighted by Crippen LogP contribution is 2.21. The molecule has 1 rings (SSSR count). The number of nitrogens with zero attached hydrogens (tertiary/aromatic N) is 1. The van der Waals surface area contributed by atoms with Gasteiger partial charge in [0.1, 0.15) is 0 Å². The molecule has 13 heavy (non-hydrogen) atoms. The second-order valence-corrected chi connectivity index (χ2v) is 3.74. The third kappa shape index (κ3) is 2.67. The molecule has 76 valence electrons. The van der Waals surface area contributed by atoms with Crippen LogP contribution < -0.4 is 5.73 Å². The third-order valence-corrected chi connectivity index (χ3v) is 2.78. The second kappa shape index (κ2) is 4.58. The highest BCUT2D eigenvalue weighted by molar-refractivity contribution is 5.69. The smallest absolute Gasteiger partial charge is 0.317 e.